The summed E-state index contributed by atoms with van der Waals surface area (Å²) in [4.78, 5) is 12.1. The van der Waals surface area contributed by atoms with Crippen molar-refractivity contribution in [1.29, 1.82) is 0 Å². The maximum absolute atomic E-state index is 12.1. The summed E-state index contributed by atoms with van der Waals surface area (Å²) in [6.07, 6.45) is 0. The van der Waals surface area contributed by atoms with Gasteiger partial charge in [-0.25, -0.2) is 0 Å². The average Bonchev–Trinajstić information content (AvgIpc) is 2.72. The van der Waals surface area contributed by atoms with Crippen LogP contribution in [0.15, 0.2) is 31.6 Å². The van der Waals surface area contributed by atoms with E-state index < -0.39 is 5.54 Å². The Morgan fingerprint density at radius 1 is 1.37 bits per heavy atom. The molecule has 0 spiro atoms. The van der Waals surface area contributed by atoms with Crippen molar-refractivity contribution >= 4 is 48.7 Å². The smallest absolute Gasteiger partial charge is 0.287 e. The van der Waals surface area contributed by atoms with Gasteiger partial charge in [0.1, 0.15) is 5.58 Å². The molecule has 0 radical (unpaired) electrons. The van der Waals surface area contributed by atoms with Crippen molar-refractivity contribution in [2.24, 2.45) is 5.73 Å². The number of amides is 1. The minimum absolute atomic E-state index is 0.269. The third-order valence-electron chi connectivity index (χ3n) is 2.72. The molecule has 19 heavy (non-hydrogen) atoms. The fourth-order valence-corrected chi connectivity index (χ4v) is 2.95. The highest BCUT2D eigenvalue weighted by atomic mass is 79.9. The Morgan fingerprint density at radius 3 is 2.68 bits per heavy atom. The van der Waals surface area contributed by atoms with Crippen LogP contribution in [0.4, 0.5) is 0 Å². The second kappa shape index (κ2) is 5.26. The van der Waals surface area contributed by atoms with Gasteiger partial charge in [-0.3, -0.25) is 4.79 Å². The fraction of sp³-hybridized carbons (Fsp3) is 0.308. The van der Waals surface area contributed by atoms with Crippen LogP contribution in [0.2, 0.25) is 0 Å². The standard InChI is InChI=1S/C13H14Br2N2O2/c1-13(2,6-16)17-12(18)10-4-7-3-8(14)5-9(15)11(7)19-10/h3-5H,6,16H2,1-2H3,(H,17,18). The lowest BCUT2D eigenvalue weighted by molar-refractivity contribution is 0.0889. The first-order valence-corrected chi connectivity index (χ1v) is 7.32. The Morgan fingerprint density at radius 2 is 2.05 bits per heavy atom. The van der Waals surface area contributed by atoms with E-state index in [-0.39, 0.29) is 11.7 Å². The number of benzene rings is 1. The quantitative estimate of drug-likeness (QED) is 0.844. The van der Waals surface area contributed by atoms with Crippen LogP contribution in [-0.2, 0) is 0 Å². The molecule has 3 N–H and O–H groups in total. The number of fused-ring (bicyclic) bond motifs is 1. The van der Waals surface area contributed by atoms with Crippen LogP contribution in [-0.4, -0.2) is 18.0 Å². The average molecular weight is 390 g/mol. The number of halogens is 2. The Balaban J connectivity index is 2.36. The van der Waals surface area contributed by atoms with E-state index in [9.17, 15) is 4.79 Å². The Hall–Kier alpha value is -0.850. The van der Waals surface area contributed by atoms with Gasteiger partial charge in [-0.15, -0.1) is 0 Å². The van der Waals surface area contributed by atoms with E-state index in [2.05, 4.69) is 37.2 Å². The van der Waals surface area contributed by atoms with Gasteiger partial charge in [0.25, 0.3) is 5.91 Å². The number of carbonyl (C=O) groups excluding carboxylic acids is 1. The fourth-order valence-electron chi connectivity index (χ4n) is 1.61. The molecule has 1 heterocycles. The van der Waals surface area contributed by atoms with Crippen molar-refractivity contribution in [3.63, 3.8) is 0 Å². The molecule has 2 rings (SSSR count). The van der Waals surface area contributed by atoms with Gasteiger partial charge in [0, 0.05) is 21.9 Å². The van der Waals surface area contributed by atoms with Crippen LogP contribution < -0.4 is 11.1 Å². The van der Waals surface area contributed by atoms with E-state index in [1.54, 1.807) is 6.07 Å². The summed E-state index contributed by atoms with van der Waals surface area (Å²) < 4.78 is 7.30. The number of carbonyl (C=O) groups is 1. The molecule has 0 aliphatic carbocycles. The van der Waals surface area contributed by atoms with Crippen LogP contribution in [0, 0.1) is 0 Å². The van der Waals surface area contributed by atoms with Gasteiger partial charge in [0.15, 0.2) is 5.76 Å². The molecule has 6 heteroatoms. The van der Waals surface area contributed by atoms with Crippen molar-refractivity contribution < 1.29 is 9.21 Å². The summed E-state index contributed by atoms with van der Waals surface area (Å²) in [5.41, 5.74) is 5.78. The van der Waals surface area contributed by atoms with E-state index in [0.717, 1.165) is 14.3 Å². The summed E-state index contributed by atoms with van der Waals surface area (Å²) in [5.74, 6) is 0.00463. The zero-order valence-electron chi connectivity index (χ0n) is 10.6. The second-order valence-electron chi connectivity index (χ2n) is 4.96. The largest absolute Gasteiger partial charge is 0.450 e. The summed E-state index contributed by atoms with van der Waals surface area (Å²) in [5, 5.41) is 3.69. The topological polar surface area (TPSA) is 68.3 Å². The number of hydrogen-bond donors (Lipinski definition) is 2. The highest BCUT2D eigenvalue weighted by Crippen LogP contribution is 2.31. The van der Waals surface area contributed by atoms with Crippen molar-refractivity contribution in [2.45, 2.75) is 19.4 Å². The maximum Gasteiger partial charge on any atom is 0.287 e. The summed E-state index contributed by atoms with van der Waals surface area (Å²) in [7, 11) is 0. The zero-order valence-corrected chi connectivity index (χ0v) is 13.8. The molecular weight excluding hydrogens is 376 g/mol. The lowest BCUT2D eigenvalue weighted by Crippen LogP contribution is -2.48. The Labute approximate surface area is 128 Å². The molecule has 0 bridgehead atoms. The summed E-state index contributed by atoms with van der Waals surface area (Å²) in [6, 6.07) is 5.48. The van der Waals surface area contributed by atoms with Crippen LogP contribution in [0.5, 0.6) is 0 Å². The molecule has 0 unspecified atom stereocenters. The molecule has 0 fully saturated rings. The van der Waals surface area contributed by atoms with Crippen LogP contribution in [0.3, 0.4) is 0 Å². The van der Waals surface area contributed by atoms with Crippen LogP contribution in [0.25, 0.3) is 11.0 Å². The van der Waals surface area contributed by atoms with E-state index in [0.29, 0.717) is 12.1 Å². The van der Waals surface area contributed by atoms with E-state index in [4.69, 9.17) is 10.2 Å². The number of nitrogens with one attached hydrogen (secondary N) is 1. The predicted octanol–water partition coefficient (Wildman–Crippen LogP) is 3.42. The molecule has 0 saturated carbocycles. The second-order valence-corrected chi connectivity index (χ2v) is 6.73. The maximum atomic E-state index is 12.1. The number of nitrogens with two attached hydrogens (primary N) is 1. The molecular formula is C13H14Br2N2O2. The molecule has 1 aromatic carbocycles. The highest BCUT2D eigenvalue weighted by Gasteiger charge is 2.22. The summed E-state index contributed by atoms with van der Waals surface area (Å²) >= 11 is 6.81. The molecule has 0 atom stereocenters. The SMILES string of the molecule is CC(C)(CN)NC(=O)c1cc2cc(Br)cc(Br)c2o1. The van der Waals surface area contributed by atoms with Crippen molar-refractivity contribution in [2.75, 3.05) is 6.54 Å². The normalized spacial score (nSPS) is 11.8. The predicted molar refractivity (Wildman–Crippen MR) is 82.2 cm³/mol. The minimum atomic E-state index is -0.464. The lowest BCUT2D eigenvalue weighted by atomic mass is 10.1. The van der Waals surface area contributed by atoms with Gasteiger partial charge < -0.3 is 15.5 Å². The third kappa shape index (κ3) is 3.19. The molecule has 0 aliphatic rings. The molecule has 2 aromatic rings. The van der Waals surface area contributed by atoms with Gasteiger partial charge >= 0.3 is 0 Å². The molecule has 0 saturated heterocycles. The first kappa shape index (κ1) is 14.6. The van der Waals surface area contributed by atoms with Crippen LogP contribution in [0.1, 0.15) is 24.4 Å². The van der Waals surface area contributed by atoms with Gasteiger partial charge in [0.2, 0.25) is 0 Å². The van der Waals surface area contributed by atoms with Gasteiger partial charge in [-0.05, 0) is 48.0 Å². The van der Waals surface area contributed by atoms with Crippen molar-refractivity contribution in [1.82, 2.24) is 5.32 Å². The molecule has 1 amide bonds. The molecule has 4 nitrogen and oxygen atoms in total. The first-order valence-electron chi connectivity index (χ1n) is 5.73. The zero-order chi connectivity index (χ0) is 14.2. The Kier molecular flexibility index (Phi) is 4.03. The number of hydrogen-bond acceptors (Lipinski definition) is 3. The van der Waals surface area contributed by atoms with Crippen molar-refractivity contribution in [3.8, 4) is 0 Å². The Bertz CT molecular complexity index is 635. The third-order valence-corrected chi connectivity index (χ3v) is 3.77. The van der Waals surface area contributed by atoms with Crippen LogP contribution >= 0.6 is 31.9 Å². The lowest BCUT2D eigenvalue weighted by Gasteiger charge is -2.23. The van der Waals surface area contributed by atoms with E-state index in [1.807, 2.05) is 26.0 Å². The van der Waals surface area contributed by atoms with Crippen molar-refractivity contribution in [3.05, 3.63) is 32.9 Å². The minimum Gasteiger partial charge on any atom is -0.450 e. The molecule has 102 valence electrons. The summed E-state index contributed by atoms with van der Waals surface area (Å²) in [6.45, 7) is 4.08. The van der Waals surface area contributed by atoms with Gasteiger partial charge in [-0.2, -0.15) is 0 Å². The number of furan rings is 1. The van der Waals surface area contributed by atoms with Gasteiger partial charge in [0.05, 0.1) is 4.47 Å². The van der Waals surface area contributed by atoms with E-state index >= 15 is 0 Å². The molecule has 0 aliphatic heterocycles. The first-order chi connectivity index (χ1) is 8.82. The number of rotatable bonds is 3. The van der Waals surface area contributed by atoms with E-state index in [1.165, 1.54) is 0 Å². The highest BCUT2D eigenvalue weighted by molar-refractivity contribution is 9.11. The molecule has 1 aromatic heterocycles. The van der Waals surface area contributed by atoms with Gasteiger partial charge in [-0.1, -0.05) is 15.9 Å². The monoisotopic (exact) mass is 388 g/mol.